The standard InChI is InChI=1S/C38H26N4/c1-3-33(25-41-17-1)27-5-9-29(10-6-27)35-23-36(30-11-7-28(8-12-30)34-4-2-18-42-26-34)38(32-15-21-40-22-16-32)24-37(35)31-13-19-39-20-14-31/h1-26H. The molecule has 4 heterocycles. The van der Waals surface area contributed by atoms with Crippen LogP contribution in [0.5, 0.6) is 0 Å². The van der Waals surface area contributed by atoms with Crippen molar-refractivity contribution in [3.05, 3.63) is 159 Å². The molecule has 0 amide bonds. The van der Waals surface area contributed by atoms with Gasteiger partial charge in [0.15, 0.2) is 0 Å². The van der Waals surface area contributed by atoms with E-state index in [1.165, 1.54) is 0 Å². The number of benzene rings is 3. The van der Waals surface area contributed by atoms with Gasteiger partial charge in [0.1, 0.15) is 0 Å². The van der Waals surface area contributed by atoms with Crippen molar-refractivity contribution in [1.29, 1.82) is 0 Å². The van der Waals surface area contributed by atoms with E-state index in [-0.39, 0.29) is 0 Å². The Balaban J connectivity index is 1.42. The van der Waals surface area contributed by atoms with Crippen LogP contribution in [0.4, 0.5) is 0 Å². The van der Waals surface area contributed by atoms with Gasteiger partial charge in [-0.05, 0) is 115 Å². The zero-order valence-electron chi connectivity index (χ0n) is 22.8. The highest BCUT2D eigenvalue weighted by Crippen LogP contribution is 2.42. The maximum Gasteiger partial charge on any atom is 0.0346 e. The maximum atomic E-state index is 4.29. The molecule has 4 aromatic heterocycles. The Morgan fingerprint density at radius 2 is 0.595 bits per heavy atom. The van der Waals surface area contributed by atoms with Crippen LogP contribution >= 0.6 is 0 Å². The smallest absolute Gasteiger partial charge is 0.0346 e. The van der Waals surface area contributed by atoms with Crippen LogP contribution in [-0.4, -0.2) is 19.9 Å². The number of pyridine rings is 4. The summed E-state index contributed by atoms with van der Waals surface area (Å²) in [5, 5.41) is 0. The molecule has 0 aliphatic carbocycles. The average molecular weight is 539 g/mol. The second kappa shape index (κ2) is 11.4. The average Bonchev–Trinajstić information content (AvgIpc) is 3.09. The highest BCUT2D eigenvalue weighted by molar-refractivity contribution is 5.95. The van der Waals surface area contributed by atoms with E-state index in [1.54, 1.807) is 12.4 Å². The van der Waals surface area contributed by atoms with Gasteiger partial charge in [-0.25, -0.2) is 0 Å². The lowest BCUT2D eigenvalue weighted by Crippen LogP contribution is -1.93. The lowest BCUT2D eigenvalue weighted by atomic mass is 9.85. The fourth-order valence-corrected chi connectivity index (χ4v) is 5.37. The van der Waals surface area contributed by atoms with E-state index in [4.69, 9.17) is 0 Å². The first-order chi connectivity index (χ1) is 20.8. The van der Waals surface area contributed by atoms with Crippen LogP contribution < -0.4 is 0 Å². The van der Waals surface area contributed by atoms with E-state index in [0.717, 1.165) is 66.8 Å². The fraction of sp³-hybridized carbons (Fsp3) is 0. The van der Waals surface area contributed by atoms with E-state index < -0.39 is 0 Å². The van der Waals surface area contributed by atoms with Crippen molar-refractivity contribution in [2.24, 2.45) is 0 Å². The van der Waals surface area contributed by atoms with Gasteiger partial charge in [0.25, 0.3) is 0 Å². The summed E-state index contributed by atoms with van der Waals surface area (Å²) in [6.45, 7) is 0. The molecule has 0 N–H and O–H groups in total. The van der Waals surface area contributed by atoms with Gasteiger partial charge in [-0.1, -0.05) is 60.7 Å². The summed E-state index contributed by atoms with van der Waals surface area (Å²) in [6.07, 6.45) is 14.8. The van der Waals surface area contributed by atoms with Gasteiger partial charge >= 0.3 is 0 Å². The Hall–Kier alpha value is -5.74. The first-order valence-corrected chi connectivity index (χ1v) is 13.8. The van der Waals surface area contributed by atoms with Gasteiger partial charge in [-0.3, -0.25) is 19.9 Å². The van der Waals surface area contributed by atoms with Crippen molar-refractivity contribution in [2.75, 3.05) is 0 Å². The number of hydrogen-bond donors (Lipinski definition) is 0. The van der Waals surface area contributed by atoms with Gasteiger partial charge in [-0.15, -0.1) is 0 Å². The van der Waals surface area contributed by atoms with Crippen LogP contribution in [0, 0.1) is 0 Å². The Labute approximate surface area is 245 Å². The number of nitrogens with zero attached hydrogens (tertiary/aromatic N) is 4. The summed E-state index contributed by atoms with van der Waals surface area (Å²) in [5.74, 6) is 0. The Morgan fingerprint density at radius 3 is 0.929 bits per heavy atom. The highest BCUT2D eigenvalue weighted by atomic mass is 14.6. The summed E-state index contributed by atoms with van der Waals surface area (Å²) in [7, 11) is 0. The molecule has 0 radical (unpaired) electrons. The van der Waals surface area contributed by atoms with Gasteiger partial charge in [0.2, 0.25) is 0 Å². The maximum absolute atomic E-state index is 4.29. The molecular weight excluding hydrogens is 512 g/mol. The first kappa shape index (κ1) is 25.2. The molecule has 0 saturated carbocycles. The monoisotopic (exact) mass is 538 g/mol. The highest BCUT2D eigenvalue weighted by Gasteiger charge is 2.16. The van der Waals surface area contributed by atoms with Crippen LogP contribution in [0.3, 0.4) is 0 Å². The van der Waals surface area contributed by atoms with Gasteiger partial charge in [-0.2, -0.15) is 0 Å². The van der Waals surface area contributed by atoms with Crippen LogP contribution in [0.2, 0.25) is 0 Å². The molecule has 0 bridgehead atoms. The SMILES string of the molecule is c1cncc(-c2ccc(-c3cc(-c4ccc(-c5cccnc5)cc4)c(-c4ccncc4)cc3-c3ccncc3)cc2)c1. The molecule has 7 aromatic rings. The van der Waals surface area contributed by atoms with E-state index in [1.807, 2.05) is 49.3 Å². The van der Waals surface area contributed by atoms with Gasteiger partial charge in [0, 0.05) is 49.6 Å². The number of rotatable bonds is 6. The molecule has 0 aliphatic heterocycles. The second-order valence-corrected chi connectivity index (χ2v) is 10.1. The predicted octanol–water partition coefficient (Wildman–Crippen LogP) is 9.27. The third-order valence-corrected chi connectivity index (χ3v) is 7.52. The quantitative estimate of drug-likeness (QED) is 0.212. The Morgan fingerprint density at radius 1 is 0.262 bits per heavy atom. The zero-order valence-corrected chi connectivity index (χ0v) is 22.8. The first-order valence-electron chi connectivity index (χ1n) is 13.8. The summed E-state index contributed by atoms with van der Waals surface area (Å²) >= 11 is 0. The number of hydrogen-bond acceptors (Lipinski definition) is 4. The van der Waals surface area contributed by atoms with Crippen molar-refractivity contribution in [3.8, 4) is 66.8 Å². The van der Waals surface area contributed by atoms with Crippen LogP contribution in [-0.2, 0) is 0 Å². The molecule has 198 valence electrons. The van der Waals surface area contributed by atoms with E-state index in [2.05, 4.69) is 117 Å². The van der Waals surface area contributed by atoms with Crippen LogP contribution in [0.25, 0.3) is 66.8 Å². The molecule has 0 unspecified atom stereocenters. The molecule has 7 rings (SSSR count). The minimum atomic E-state index is 1.10. The summed E-state index contributed by atoms with van der Waals surface area (Å²) in [6, 6.07) is 38.5. The fourth-order valence-electron chi connectivity index (χ4n) is 5.37. The normalized spacial score (nSPS) is 10.9. The van der Waals surface area contributed by atoms with E-state index in [9.17, 15) is 0 Å². The summed E-state index contributed by atoms with van der Waals surface area (Å²) in [4.78, 5) is 17.1. The molecule has 3 aromatic carbocycles. The van der Waals surface area contributed by atoms with E-state index in [0.29, 0.717) is 0 Å². The molecule has 0 saturated heterocycles. The van der Waals surface area contributed by atoms with Gasteiger partial charge in [0.05, 0.1) is 0 Å². The van der Waals surface area contributed by atoms with Crippen LogP contribution in [0.15, 0.2) is 159 Å². The molecule has 0 fully saturated rings. The van der Waals surface area contributed by atoms with Crippen molar-refractivity contribution in [3.63, 3.8) is 0 Å². The third-order valence-electron chi connectivity index (χ3n) is 7.52. The summed E-state index contributed by atoms with van der Waals surface area (Å²) < 4.78 is 0. The minimum Gasteiger partial charge on any atom is -0.265 e. The van der Waals surface area contributed by atoms with Crippen molar-refractivity contribution >= 4 is 0 Å². The topological polar surface area (TPSA) is 51.6 Å². The molecule has 42 heavy (non-hydrogen) atoms. The summed E-state index contributed by atoms with van der Waals surface area (Å²) in [5.41, 5.74) is 13.6. The molecule has 0 atom stereocenters. The largest absolute Gasteiger partial charge is 0.265 e. The molecule has 0 aliphatic rings. The Bertz CT molecular complexity index is 1780. The van der Waals surface area contributed by atoms with Gasteiger partial charge < -0.3 is 0 Å². The van der Waals surface area contributed by atoms with Crippen molar-refractivity contribution < 1.29 is 0 Å². The molecular formula is C38H26N4. The lowest BCUT2D eigenvalue weighted by molar-refractivity contribution is 1.32. The van der Waals surface area contributed by atoms with Crippen molar-refractivity contribution in [1.82, 2.24) is 19.9 Å². The third kappa shape index (κ3) is 5.09. The minimum absolute atomic E-state index is 1.10. The predicted molar refractivity (Wildman–Crippen MR) is 170 cm³/mol. The lowest BCUT2D eigenvalue weighted by Gasteiger charge is -2.18. The molecule has 0 spiro atoms. The molecule has 4 heteroatoms. The molecule has 4 nitrogen and oxygen atoms in total. The van der Waals surface area contributed by atoms with Crippen molar-refractivity contribution in [2.45, 2.75) is 0 Å². The number of aromatic nitrogens is 4. The van der Waals surface area contributed by atoms with E-state index >= 15 is 0 Å². The Kier molecular flexibility index (Phi) is 6.85. The zero-order chi connectivity index (χ0) is 28.1. The second-order valence-electron chi connectivity index (χ2n) is 10.1. The van der Waals surface area contributed by atoms with Crippen LogP contribution in [0.1, 0.15) is 0 Å².